The quantitative estimate of drug-likeness (QED) is 0.230. The van der Waals surface area contributed by atoms with Crippen LogP contribution in [0.5, 0.6) is 0 Å². The summed E-state index contributed by atoms with van der Waals surface area (Å²) in [6.07, 6.45) is 0. The Kier molecular flexibility index (Phi) is 4.61. The molecule has 0 aliphatic heterocycles. The number of fused-ring (bicyclic) bond motifs is 8. The van der Waals surface area contributed by atoms with E-state index in [1.54, 1.807) is 0 Å². The summed E-state index contributed by atoms with van der Waals surface area (Å²) in [4.78, 5) is 0. The number of hydrogen-bond donors (Lipinski definition) is 0. The van der Waals surface area contributed by atoms with Crippen molar-refractivity contribution in [1.29, 1.82) is 0 Å². The minimum atomic E-state index is 0.873. The molecule has 0 aliphatic rings. The second kappa shape index (κ2) is 8.48. The molecule has 0 aliphatic carbocycles. The average molecular weight is 526 g/mol. The van der Waals surface area contributed by atoms with E-state index in [-0.39, 0.29) is 0 Å². The Labute approximate surface area is 235 Å². The van der Waals surface area contributed by atoms with Gasteiger partial charge in [0.15, 0.2) is 5.58 Å². The normalized spacial score (nSPS) is 11.9. The fourth-order valence-corrected chi connectivity index (χ4v) is 6.50. The predicted octanol–water partition coefficient (Wildman–Crippen LogP) is 10.8. The van der Waals surface area contributed by atoms with Gasteiger partial charge in [-0.15, -0.1) is 0 Å². The number of furan rings is 2. The summed E-state index contributed by atoms with van der Waals surface area (Å²) in [6, 6.07) is 48.6. The summed E-state index contributed by atoms with van der Waals surface area (Å²) >= 11 is 0. The van der Waals surface area contributed by atoms with E-state index in [2.05, 4.69) is 138 Å². The van der Waals surface area contributed by atoms with E-state index in [9.17, 15) is 0 Å². The summed E-state index contributed by atoms with van der Waals surface area (Å²) < 4.78 is 15.6. The second-order valence-corrected chi connectivity index (χ2v) is 10.5. The molecule has 9 rings (SSSR count). The zero-order chi connectivity index (χ0) is 26.9. The second-order valence-electron chi connectivity index (χ2n) is 10.5. The van der Waals surface area contributed by atoms with E-state index in [1.165, 1.54) is 0 Å². The lowest BCUT2D eigenvalue weighted by atomic mass is 9.95. The Morgan fingerprint density at radius 1 is 0.415 bits per heavy atom. The minimum absolute atomic E-state index is 0.873. The van der Waals surface area contributed by atoms with Gasteiger partial charge >= 0.3 is 0 Å². The lowest BCUT2D eigenvalue weighted by molar-refractivity contribution is 0.670. The van der Waals surface area contributed by atoms with Crippen molar-refractivity contribution in [3.8, 4) is 27.9 Å². The summed E-state index contributed by atoms with van der Waals surface area (Å²) in [7, 11) is 0. The van der Waals surface area contributed by atoms with Gasteiger partial charge in [-0.1, -0.05) is 103 Å². The van der Waals surface area contributed by atoms with Crippen LogP contribution in [0.25, 0.3) is 82.9 Å². The molecular weight excluding hydrogens is 502 g/mol. The molecule has 192 valence electrons. The van der Waals surface area contributed by atoms with Crippen LogP contribution >= 0.6 is 0 Å². The monoisotopic (exact) mass is 525 g/mol. The maximum absolute atomic E-state index is 6.64. The fourth-order valence-electron chi connectivity index (χ4n) is 6.50. The first-order valence-electron chi connectivity index (χ1n) is 13.9. The van der Waals surface area contributed by atoms with Gasteiger partial charge in [-0.2, -0.15) is 0 Å². The van der Waals surface area contributed by atoms with Gasteiger partial charge in [-0.3, -0.25) is 0 Å². The van der Waals surface area contributed by atoms with E-state index in [1.807, 2.05) is 6.07 Å². The average Bonchev–Trinajstić information content (AvgIpc) is 3.70. The molecule has 9 aromatic rings. The molecule has 41 heavy (non-hydrogen) atoms. The van der Waals surface area contributed by atoms with Crippen LogP contribution in [0.4, 0.5) is 0 Å². The lowest BCUT2D eigenvalue weighted by Gasteiger charge is -2.10. The maximum Gasteiger partial charge on any atom is 0.161 e. The number of aromatic nitrogens is 1. The predicted molar refractivity (Wildman–Crippen MR) is 169 cm³/mol. The van der Waals surface area contributed by atoms with Crippen molar-refractivity contribution in [1.82, 2.24) is 4.57 Å². The van der Waals surface area contributed by atoms with Crippen molar-refractivity contribution in [2.24, 2.45) is 0 Å². The molecule has 3 nitrogen and oxygen atoms in total. The van der Waals surface area contributed by atoms with Gasteiger partial charge in [0.05, 0.1) is 10.9 Å². The number of nitrogens with zero attached hydrogens (tertiary/aromatic N) is 1. The third-order valence-corrected chi connectivity index (χ3v) is 8.22. The van der Waals surface area contributed by atoms with Crippen molar-refractivity contribution >= 4 is 54.9 Å². The van der Waals surface area contributed by atoms with Gasteiger partial charge in [0.2, 0.25) is 0 Å². The van der Waals surface area contributed by atoms with Crippen LogP contribution in [-0.4, -0.2) is 4.57 Å². The van der Waals surface area contributed by atoms with Crippen molar-refractivity contribution in [3.05, 3.63) is 140 Å². The first-order chi connectivity index (χ1) is 20.4. The van der Waals surface area contributed by atoms with E-state index in [4.69, 9.17) is 8.83 Å². The van der Waals surface area contributed by atoms with Gasteiger partial charge in [-0.05, 0) is 53.1 Å². The van der Waals surface area contributed by atoms with E-state index in [0.717, 1.165) is 82.9 Å². The van der Waals surface area contributed by atoms with Crippen molar-refractivity contribution in [2.75, 3.05) is 0 Å². The number of para-hydroxylation sites is 3. The molecule has 0 radical (unpaired) electrons. The molecule has 0 fully saturated rings. The van der Waals surface area contributed by atoms with Crippen molar-refractivity contribution < 1.29 is 8.83 Å². The summed E-state index contributed by atoms with van der Waals surface area (Å²) in [5.41, 5.74) is 11.4. The summed E-state index contributed by atoms with van der Waals surface area (Å²) in [5, 5.41) is 4.43. The smallest absolute Gasteiger partial charge is 0.161 e. The number of rotatable bonds is 3. The first kappa shape index (κ1) is 22.3. The third kappa shape index (κ3) is 3.14. The molecule has 0 amide bonds. The molecular formula is C38H23NO2. The highest BCUT2D eigenvalue weighted by Crippen LogP contribution is 2.46. The van der Waals surface area contributed by atoms with Crippen LogP contribution in [0.1, 0.15) is 0 Å². The van der Waals surface area contributed by atoms with Crippen LogP contribution in [0, 0.1) is 0 Å². The molecule has 0 N–H and O–H groups in total. The molecule has 0 saturated heterocycles. The van der Waals surface area contributed by atoms with Gasteiger partial charge in [0, 0.05) is 27.4 Å². The van der Waals surface area contributed by atoms with Gasteiger partial charge < -0.3 is 13.4 Å². The Balaban J connectivity index is 1.41. The largest absolute Gasteiger partial charge is 0.455 e. The third-order valence-electron chi connectivity index (χ3n) is 8.22. The summed E-state index contributed by atoms with van der Waals surface area (Å²) in [6.45, 7) is 0. The topological polar surface area (TPSA) is 31.2 Å². The zero-order valence-electron chi connectivity index (χ0n) is 22.0. The minimum Gasteiger partial charge on any atom is -0.455 e. The zero-order valence-corrected chi connectivity index (χ0v) is 22.0. The van der Waals surface area contributed by atoms with Gasteiger partial charge in [-0.25, -0.2) is 0 Å². The van der Waals surface area contributed by atoms with Gasteiger partial charge in [0.1, 0.15) is 22.3 Å². The van der Waals surface area contributed by atoms with Crippen LogP contribution in [-0.2, 0) is 0 Å². The number of benzene rings is 6. The van der Waals surface area contributed by atoms with Gasteiger partial charge in [0.25, 0.3) is 0 Å². The lowest BCUT2D eigenvalue weighted by Crippen LogP contribution is -1.93. The standard InChI is InChI=1S/C38H23NO2/c1-3-12-24(13-4-1)26-17-9-20-30-34-27(18-10-22-32(34)40-37(26)30)28-19-11-23-33-35(28)36-38(41-33)29-16-7-8-21-31(29)39(36)25-14-5-2-6-15-25/h1-23H. The molecule has 0 atom stereocenters. The van der Waals surface area contributed by atoms with E-state index >= 15 is 0 Å². The first-order valence-corrected chi connectivity index (χ1v) is 13.9. The van der Waals surface area contributed by atoms with Crippen molar-refractivity contribution in [3.63, 3.8) is 0 Å². The van der Waals surface area contributed by atoms with Crippen LogP contribution in [0.3, 0.4) is 0 Å². The molecule has 3 heterocycles. The Morgan fingerprint density at radius 3 is 1.80 bits per heavy atom. The molecule has 0 saturated carbocycles. The fraction of sp³-hybridized carbons (Fsp3) is 0. The number of hydrogen-bond acceptors (Lipinski definition) is 2. The van der Waals surface area contributed by atoms with Crippen LogP contribution in [0.2, 0.25) is 0 Å². The highest BCUT2D eigenvalue weighted by molar-refractivity contribution is 6.23. The highest BCUT2D eigenvalue weighted by atomic mass is 16.3. The molecule has 0 bridgehead atoms. The van der Waals surface area contributed by atoms with Crippen LogP contribution in [0.15, 0.2) is 148 Å². The Hall–Kier alpha value is -5.54. The summed E-state index contributed by atoms with van der Waals surface area (Å²) in [5.74, 6) is 0. The Bertz CT molecular complexity index is 2410. The van der Waals surface area contributed by atoms with E-state index < -0.39 is 0 Å². The molecule has 6 aromatic carbocycles. The van der Waals surface area contributed by atoms with E-state index in [0.29, 0.717) is 0 Å². The highest BCUT2D eigenvalue weighted by Gasteiger charge is 2.23. The SMILES string of the molecule is c1ccc(-c2cccc3c2oc2cccc(-c4cccc5oc6c7ccccc7n(-c7ccccc7)c6c45)c23)cc1. The molecule has 3 aromatic heterocycles. The molecule has 3 heteroatoms. The Morgan fingerprint density at radius 2 is 1.00 bits per heavy atom. The molecule has 0 spiro atoms. The van der Waals surface area contributed by atoms with Crippen LogP contribution < -0.4 is 0 Å². The maximum atomic E-state index is 6.64. The van der Waals surface area contributed by atoms with Crippen molar-refractivity contribution in [2.45, 2.75) is 0 Å². The molecule has 0 unspecified atom stereocenters.